The van der Waals surface area contributed by atoms with Gasteiger partial charge in [0.15, 0.2) is 5.13 Å². The molecule has 0 spiro atoms. The van der Waals surface area contributed by atoms with Crippen LogP contribution in [0.15, 0.2) is 30.5 Å². The van der Waals surface area contributed by atoms with Gasteiger partial charge in [-0.2, -0.15) is 0 Å². The Hall–Kier alpha value is -2.26. The number of nitrogens with zero attached hydrogens (tertiary/aromatic N) is 2. The van der Waals surface area contributed by atoms with Crippen LogP contribution in [0.4, 0.5) is 5.13 Å². The van der Waals surface area contributed by atoms with Crippen LogP contribution in [0.2, 0.25) is 0 Å². The van der Waals surface area contributed by atoms with Gasteiger partial charge in [0.1, 0.15) is 17.4 Å². The number of fused-ring (bicyclic) bond motifs is 1. The monoisotopic (exact) mass is 419 g/mol. The molecule has 1 atom stereocenters. The van der Waals surface area contributed by atoms with Crippen LogP contribution >= 0.6 is 22.9 Å². The lowest BCUT2D eigenvalue weighted by atomic mass is 10.1. The van der Waals surface area contributed by atoms with Gasteiger partial charge in [0.25, 0.3) is 5.91 Å². The van der Waals surface area contributed by atoms with Gasteiger partial charge in [0.05, 0.1) is 43.2 Å². The highest BCUT2D eigenvalue weighted by Crippen LogP contribution is 2.39. The summed E-state index contributed by atoms with van der Waals surface area (Å²) in [4.78, 5) is 21.3. The molecule has 3 aromatic rings. The van der Waals surface area contributed by atoms with Gasteiger partial charge in [-0.05, 0) is 18.2 Å². The summed E-state index contributed by atoms with van der Waals surface area (Å²) in [6.07, 6.45) is 1.39. The predicted octanol–water partition coefficient (Wildman–Crippen LogP) is 3.78. The number of thiazole rings is 1. The second kappa shape index (κ2) is 8.40. The molecule has 0 saturated carbocycles. The summed E-state index contributed by atoms with van der Waals surface area (Å²) in [5, 5.41) is 3.33. The number of amides is 1. The van der Waals surface area contributed by atoms with E-state index in [1.54, 1.807) is 25.4 Å². The third-order valence-corrected chi connectivity index (χ3v) is 5.65. The van der Waals surface area contributed by atoms with Crippen molar-refractivity contribution in [3.8, 4) is 5.75 Å². The van der Waals surface area contributed by atoms with Crippen molar-refractivity contribution in [2.24, 2.45) is 0 Å². The number of methoxy groups -OCH3 is 1. The van der Waals surface area contributed by atoms with E-state index in [9.17, 15) is 4.79 Å². The molecule has 1 unspecified atom stereocenters. The maximum atomic E-state index is 12.6. The third kappa shape index (κ3) is 3.81. The Labute approximate surface area is 170 Å². The zero-order chi connectivity index (χ0) is 19.5. The lowest BCUT2D eigenvalue weighted by molar-refractivity contribution is -0.0895. The van der Waals surface area contributed by atoms with Crippen LogP contribution in [-0.2, 0) is 15.4 Å². The van der Waals surface area contributed by atoms with Crippen LogP contribution in [0, 0.1) is 0 Å². The quantitative estimate of drug-likeness (QED) is 0.634. The van der Waals surface area contributed by atoms with E-state index in [4.69, 9.17) is 25.8 Å². The number of halogens is 1. The SMILES string of the molecule is COc1ccc(C2COCCO2)c2sc(NC(=O)c3ccnc(CCl)c3)nc12. The molecule has 3 heterocycles. The maximum absolute atomic E-state index is 12.6. The Morgan fingerprint density at radius 1 is 1.39 bits per heavy atom. The minimum absolute atomic E-state index is 0.169. The molecular formula is C19H18ClN3O4S. The number of pyridine rings is 1. The smallest absolute Gasteiger partial charge is 0.257 e. The lowest BCUT2D eigenvalue weighted by Gasteiger charge is -2.23. The first kappa shape index (κ1) is 19.1. The van der Waals surface area contributed by atoms with E-state index in [0.29, 0.717) is 47.5 Å². The number of carbonyl (C=O) groups is 1. The molecule has 1 aliphatic heterocycles. The van der Waals surface area contributed by atoms with Crippen molar-refractivity contribution in [1.82, 2.24) is 9.97 Å². The summed E-state index contributed by atoms with van der Waals surface area (Å²) in [5.41, 5.74) is 2.77. The Balaban J connectivity index is 1.66. The molecule has 1 saturated heterocycles. The van der Waals surface area contributed by atoms with Crippen molar-refractivity contribution in [1.29, 1.82) is 0 Å². The molecule has 146 valence electrons. The number of anilines is 1. The summed E-state index contributed by atoms with van der Waals surface area (Å²) >= 11 is 7.18. The van der Waals surface area contributed by atoms with Gasteiger partial charge in [-0.3, -0.25) is 15.1 Å². The summed E-state index contributed by atoms with van der Waals surface area (Å²) in [5.74, 6) is 0.609. The molecule has 0 bridgehead atoms. The van der Waals surface area contributed by atoms with Crippen LogP contribution < -0.4 is 10.1 Å². The van der Waals surface area contributed by atoms with Crippen LogP contribution in [0.3, 0.4) is 0 Å². The molecule has 1 fully saturated rings. The Bertz CT molecular complexity index is 1000. The van der Waals surface area contributed by atoms with Gasteiger partial charge >= 0.3 is 0 Å². The van der Waals surface area contributed by atoms with Crippen molar-refractivity contribution in [3.63, 3.8) is 0 Å². The fourth-order valence-electron chi connectivity index (χ4n) is 3.00. The Kier molecular flexibility index (Phi) is 5.72. The summed E-state index contributed by atoms with van der Waals surface area (Å²) in [7, 11) is 1.59. The number of alkyl halides is 1. The molecule has 2 aromatic heterocycles. The normalized spacial score (nSPS) is 16.9. The van der Waals surface area contributed by atoms with Crippen molar-refractivity contribution in [2.45, 2.75) is 12.0 Å². The number of rotatable bonds is 5. The summed E-state index contributed by atoms with van der Waals surface area (Å²) < 4.78 is 17.7. The molecular weight excluding hydrogens is 402 g/mol. The van der Waals surface area contributed by atoms with Gasteiger partial charge in [-0.15, -0.1) is 11.6 Å². The zero-order valence-electron chi connectivity index (χ0n) is 15.1. The second-order valence-corrected chi connectivity index (χ2v) is 7.38. The largest absolute Gasteiger partial charge is 0.494 e. The highest BCUT2D eigenvalue weighted by Gasteiger charge is 2.23. The molecule has 9 heteroatoms. The first-order valence-corrected chi connectivity index (χ1v) is 10.0. The summed E-state index contributed by atoms with van der Waals surface area (Å²) in [6, 6.07) is 7.11. The molecule has 7 nitrogen and oxygen atoms in total. The fourth-order valence-corrected chi connectivity index (χ4v) is 4.18. The number of ether oxygens (including phenoxy) is 3. The first-order chi connectivity index (χ1) is 13.7. The van der Waals surface area contributed by atoms with E-state index in [2.05, 4.69) is 15.3 Å². The number of benzene rings is 1. The zero-order valence-corrected chi connectivity index (χ0v) is 16.7. The molecule has 0 radical (unpaired) electrons. The minimum atomic E-state index is -0.273. The van der Waals surface area contributed by atoms with E-state index in [-0.39, 0.29) is 17.9 Å². The number of aromatic nitrogens is 2. The highest BCUT2D eigenvalue weighted by atomic mass is 35.5. The van der Waals surface area contributed by atoms with Crippen molar-refractivity contribution < 1.29 is 19.0 Å². The van der Waals surface area contributed by atoms with E-state index >= 15 is 0 Å². The highest BCUT2D eigenvalue weighted by molar-refractivity contribution is 7.22. The lowest BCUT2D eigenvalue weighted by Crippen LogP contribution is -2.21. The summed E-state index contributed by atoms with van der Waals surface area (Å²) in [6.45, 7) is 1.63. The second-order valence-electron chi connectivity index (χ2n) is 6.11. The number of nitrogens with one attached hydrogen (secondary N) is 1. The molecule has 1 aromatic carbocycles. The topological polar surface area (TPSA) is 82.6 Å². The maximum Gasteiger partial charge on any atom is 0.257 e. The molecule has 1 amide bonds. The Morgan fingerprint density at radius 2 is 2.29 bits per heavy atom. The van der Waals surface area contributed by atoms with Gasteiger partial charge in [-0.1, -0.05) is 17.4 Å². The van der Waals surface area contributed by atoms with Crippen LogP contribution in [0.1, 0.15) is 27.7 Å². The van der Waals surface area contributed by atoms with Gasteiger partial charge in [0.2, 0.25) is 0 Å². The van der Waals surface area contributed by atoms with Crippen molar-refractivity contribution >= 4 is 44.2 Å². The standard InChI is InChI=1S/C19H18ClN3O4S/c1-25-14-3-2-13(15-10-26-6-7-27-15)17-16(14)22-19(28-17)23-18(24)11-4-5-21-12(8-11)9-20/h2-5,8,15H,6-7,9-10H2,1H3,(H,22,23,24). The van der Waals surface area contributed by atoms with E-state index < -0.39 is 0 Å². The first-order valence-electron chi connectivity index (χ1n) is 8.68. The number of carbonyl (C=O) groups excluding carboxylic acids is 1. The van der Waals surface area contributed by atoms with E-state index in [1.165, 1.54) is 11.3 Å². The average Bonchev–Trinajstić information content (AvgIpc) is 3.17. The number of hydrogen-bond donors (Lipinski definition) is 1. The van der Waals surface area contributed by atoms with Crippen LogP contribution in [0.5, 0.6) is 5.75 Å². The fraction of sp³-hybridized carbons (Fsp3) is 0.316. The third-order valence-electron chi connectivity index (χ3n) is 4.36. The van der Waals surface area contributed by atoms with Crippen molar-refractivity contribution in [2.75, 3.05) is 32.2 Å². The number of hydrogen-bond acceptors (Lipinski definition) is 7. The van der Waals surface area contributed by atoms with Crippen molar-refractivity contribution in [3.05, 3.63) is 47.3 Å². The molecule has 0 aliphatic carbocycles. The van der Waals surface area contributed by atoms with Gasteiger partial charge < -0.3 is 14.2 Å². The van der Waals surface area contributed by atoms with Gasteiger partial charge in [-0.25, -0.2) is 4.98 Å². The molecule has 1 N–H and O–H groups in total. The molecule has 4 rings (SSSR count). The van der Waals surface area contributed by atoms with E-state index in [0.717, 1.165) is 10.3 Å². The molecule has 28 heavy (non-hydrogen) atoms. The van der Waals surface area contributed by atoms with Crippen LogP contribution in [-0.4, -0.2) is 42.8 Å². The van der Waals surface area contributed by atoms with E-state index in [1.807, 2.05) is 12.1 Å². The molecule has 1 aliphatic rings. The Morgan fingerprint density at radius 3 is 3.04 bits per heavy atom. The van der Waals surface area contributed by atoms with Gasteiger partial charge in [0, 0.05) is 17.3 Å². The van der Waals surface area contributed by atoms with Crippen LogP contribution in [0.25, 0.3) is 10.2 Å². The predicted molar refractivity (Wildman–Crippen MR) is 107 cm³/mol. The average molecular weight is 420 g/mol. The minimum Gasteiger partial charge on any atom is -0.494 e.